The standard InChI is InChI=1S/C10H18N4O/c1-9(6-11)7-13-10(15)8-14-4-2-12-3-5-14/h9,12H,2-5,7-8H2,1H3,(H,13,15). The van der Waals surface area contributed by atoms with E-state index in [0.29, 0.717) is 13.1 Å². The van der Waals surface area contributed by atoms with Crippen LogP contribution in [0.15, 0.2) is 0 Å². The molecule has 1 aliphatic heterocycles. The van der Waals surface area contributed by atoms with Crippen molar-refractivity contribution in [2.45, 2.75) is 6.92 Å². The summed E-state index contributed by atoms with van der Waals surface area (Å²) in [7, 11) is 0. The molecule has 1 saturated heterocycles. The van der Waals surface area contributed by atoms with Crippen molar-refractivity contribution in [1.82, 2.24) is 15.5 Å². The molecule has 1 amide bonds. The van der Waals surface area contributed by atoms with Gasteiger partial charge in [-0.2, -0.15) is 5.26 Å². The summed E-state index contributed by atoms with van der Waals surface area (Å²) in [6.45, 7) is 6.42. The molecule has 5 nitrogen and oxygen atoms in total. The number of hydrogen-bond acceptors (Lipinski definition) is 4. The van der Waals surface area contributed by atoms with Crippen LogP contribution in [-0.2, 0) is 4.79 Å². The van der Waals surface area contributed by atoms with E-state index in [9.17, 15) is 4.79 Å². The third-order valence-electron chi connectivity index (χ3n) is 2.40. The number of piperazine rings is 1. The van der Waals surface area contributed by atoms with Crippen molar-refractivity contribution in [3.05, 3.63) is 0 Å². The fourth-order valence-corrected chi connectivity index (χ4v) is 1.44. The average Bonchev–Trinajstić information content (AvgIpc) is 2.27. The largest absolute Gasteiger partial charge is 0.354 e. The predicted molar refractivity (Wildman–Crippen MR) is 57.1 cm³/mol. The lowest BCUT2D eigenvalue weighted by molar-refractivity contribution is -0.122. The molecule has 0 aromatic rings. The predicted octanol–water partition coefficient (Wildman–Crippen LogP) is -0.833. The number of nitriles is 1. The summed E-state index contributed by atoms with van der Waals surface area (Å²) in [5, 5.41) is 14.5. The molecule has 1 rings (SSSR count). The minimum Gasteiger partial charge on any atom is -0.354 e. The molecule has 15 heavy (non-hydrogen) atoms. The van der Waals surface area contributed by atoms with Crippen LogP contribution in [0.2, 0.25) is 0 Å². The summed E-state index contributed by atoms with van der Waals surface area (Å²) >= 11 is 0. The molecule has 84 valence electrons. The van der Waals surface area contributed by atoms with Crippen LogP contribution in [-0.4, -0.2) is 50.1 Å². The molecule has 0 saturated carbocycles. The van der Waals surface area contributed by atoms with Crippen LogP contribution in [0.5, 0.6) is 0 Å². The van der Waals surface area contributed by atoms with Gasteiger partial charge in [0.05, 0.1) is 18.5 Å². The first kappa shape index (κ1) is 12.0. The van der Waals surface area contributed by atoms with Gasteiger partial charge in [-0.05, 0) is 6.92 Å². The summed E-state index contributed by atoms with van der Waals surface area (Å²) in [5.41, 5.74) is 0. The van der Waals surface area contributed by atoms with Gasteiger partial charge in [-0.25, -0.2) is 0 Å². The van der Waals surface area contributed by atoms with E-state index in [0.717, 1.165) is 26.2 Å². The van der Waals surface area contributed by atoms with E-state index in [4.69, 9.17) is 5.26 Å². The third-order valence-corrected chi connectivity index (χ3v) is 2.40. The highest BCUT2D eigenvalue weighted by Gasteiger charge is 2.13. The highest BCUT2D eigenvalue weighted by atomic mass is 16.2. The number of hydrogen-bond donors (Lipinski definition) is 2. The van der Waals surface area contributed by atoms with Crippen LogP contribution in [0, 0.1) is 17.2 Å². The Morgan fingerprint density at radius 3 is 2.87 bits per heavy atom. The van der Waals surface area contributed by atoms with E-state index < -0.39 is 0 Å². The molecule has 1 fully saturated rings. The first-order valence-electron chi connectivity index (χ1n) is 5.31. The van der Waals surface area contributed by atoms with Gasteiger partial charge in [0, 0.05) is 32.7 Å². The SMILES string of the molecule is CC(C#N)CNC(=O)CN1CCNCC1. The van der Waals surface area contributed by atoms with Gasteiger partial charge < -0.3 is 10.6 Å². The van der Waals surface area contributed by atoms with E-state index >= 15 is 0 Å². The molecular weight excluding hydrogens is 192 g/mol. The fourth-order valence-electron chi connectivity index (χ4n) is 1.44. The second kappa shape index (κ2) is 6.38. The highest BCUT2D eigenvalue weighted by molar-refractivity contribution is 5.78. The topological polar surface area (TPSA) is 68.2 Å². The van der Waals surface area contributed by atoms with Crippen molar-refractivity contribution in [2.24, 2.45) is 5.92 Å². The Morgan fingerprint density at radius 2 is 2.27 bits per heavy atom. The molecule has 0 aromatic heterocycles. The molecule has 0 aliphatic carbocycles. The van der Waals surface area contributed by atoms with Gasteiger partial charge in [0.1, 0.15) is 0 Å². The van der Waals surface area contributed by atoms with Crippen LogP contribution in [0.3, 0.4) is 0 Å². The molecule has 0 radical (unpaired) electrons. The maximum atomic E-state index is 11.4. The van der Waals surface area contributed by atoms with Gasteiger partial charge in [-0.1, -0.05) is 0 Å². The molecule has 0 aromatic carbocycles. The molecule has 0 bridgehead atoms. The third kappa shape index (κ3) is 4.77. The number of amides is 1. The smallest absolute Gasteiger partial charge is 0.234 e. The van der Waals surface area contributed by atoms with Crippen LogP contribution < -0.4 is 10.6 Å². The van der Waals surface area contributed by atoms with E-state index in [-0.39, 0.29) is 11.8 Å². The second-order valence-corrected chi connectivity index (χ2v) is 3.86. The molecule has 5 heteroatoms. The number of carbonyl (C=O) groups is 1. The summed E-state index contributed by atoms with van der Waals surface area (Å²) in [5.74, 6) is -0.101. The van der Waals surface area contributed by atoms with E-state index in [1.165, 1.54) is 0 Å². The minimum atomic E-state index is -0.114. The molecular formula is C10H18N4O. The molecule has 1 aliphatic rings. The van der Waals surface area contributed by atoms with Crippen molar-refractivity contribution >= 4 is 5.91 Å². The molecule has 1 heterocycles. The maximum Gasteiger partial charge on any atom is 0.234 e. The number of nitrogens with one attached hydrogen (secondary N) is 2. The van der Waals surface area contributed by atoms with Gasteiger partial charge in [-0.15, -0.1) is 0 Å². The zero-order valence-electron chi connectivity index (χ0n) is 9.12. The van der Waals surface area contributed by atoms with Crippen LogP contribution in [0.25, 0.3) is 0 Å². The van der Waals surface area contributed by atoms with Gasteiger partial charge in [-0.3, -0.25) is 9.69 Å². The van der Waals surface area contributed by atoms with Crippen LogP contribution in [0.1, 0.15) is 6.92 Å². The lowest BCUT2D eigenvalue weighted by atomic mass is 10.2. The zero-order valence-corrected chi connectivity index (χ0v) is 9.12. The average molecular weight is 210 g/mol. The Bertz CT molecular complexity index is 242. The van der Waals surface area contributed by atoms with Gasteiger partial charge in [0.15, 0.2) is 0 Å². The number of nitrogens with zero attached hydrogens (tertiary/aromatic N) is 2. The van der Waals surface area contributed by atoms with Crippen LogP contribution in [0.4, 0.5) is 0 Å². The zero-order chi connectivity index (χ0) is 11.1. The van der Waals surface area contributed by atoms with Gasteiger partial charge in [0.2, 0.25) is 5.91 Å². The summed E-state index contributed by atoms with van der Waals surface area (Å²) in [6, 6.07) is 2.09. The first-order chi connectivity index (χ1) is 7.22. The Balaban J connectivity index is 2.15. The Kier molecular flexibility index (Phi) is 5.08. The highest BCUT2D eigenvalue weighted by Crippen LogP contribution is 1.92. The molecule has 2 N–H and O–H groups in total. The minimum absolute atomic E-state index is 0.0130. The molecule has 0 spiro atoms. The second-order valence-electron chi connectivity index (χ2n) is 3.86. The van der Waals surface area contributed by atoms with Gasteiger partial charge >= 0.3 is 0 Å². The Hall–Kier alpha value is -1.12. The number of carbonyl (C=O) groups excluding carboxylic acids is 1. The quantitative estimate of drug-likeness (QED) is 0.635. The maximum absolute atomic E-state index is 11.4. The summed E-state index contributed by atoms with van der Waals surface area (Å²) < 4.78 is 0. The Labute approximate surface area is 90.4 Å². The molecule has 1 unspecified atom stereocenters. The van der Waals surface area contributed by atoms with Crippen molar-refractivity contribution in [3.8, 4) is 6.07 Å². The fraction of sp³-hybridized carbons (Fsp3) is 0.800. The Morgan fingerprint density at radius 1 is 1.60 bits per heavy atom. The normalized spacial score (nSPS) is 19.2. The van der Waals surface area contributed by atoms with E-state index in [1.807, 2.05) is 0 Å². The van der Waals surface area contributed by atoms with Crippen molar-refractivity contribution < 1.29 is 4.79 Å². The monoisotopic (exact) mass is 210 g/mol. The lowest BCUT2D eigenvalue weighted by Crippen LogP contribution is -2.47. The van der Waals surface area contributed by atoms with Gasteiger partial charge in [0.25, 0.3) is 0 Å². The number of rotatable bonds is 4. The van der Waals surface area contributed by atoms with Crippen molar-refractivity contribution in [2.75, 3.05) is 39.3 Å². The van der Waals surface area contributed by atoms with E-state index in [1.54, 1.807) is 6.92 Å². The lowest BCUT2D eigenvalue weighted by Gasteiger charge is -2.26. The van der Waals surface area contributed by atoms with Crippen LogP contribution >= 0.6 is 0 Å². The first-order valence-corrected chi connectivity index (χ1v) is 5.31. The molecule has 1 atom stereocenters. The van der Waals surface area contributed by atoms with Crippen molar-refractivity contribution in [3.63, 3.8) is 0 Å². The summed E-state index contributed by atoms with van der Waals surface area (Å²) in [6.07, 6.45) is 0. The van der Waals surface area contributed by atoms with E-state index in [2.05, 4.69) is 21.6 Å². The summed E-state index contributed by atoms with van der Waals surface area (Å²) in [4.78, 5) is 13.6. The van der Waals surface area contributed by atoms with Crippen molar-refractivity contribution in [1.29, 1.82) is 5.26 Å².